The van der Waals surface area contributed by atoms with Crippen LogP contribution in [0.25, 0.3) is 0 Å². The van der Waals surface area contributed by atoms with Gasteiger partial charge in [0, 0.05) is 16.0 Å². The van der Waals surface area contributed by atoms with Gasteiger partial charge in [-0.15, -0.1) is 0 Å². The average Bonchev–Trinajstić information content (AvgIpc) is 2.42. The lowest BCUT2D eigenvalue weighted by atomic mass is 10.2. The normalized spacial score (nSPS) is 10.6. The van der Waals surface area contributed by atoms with E-state index in [1.165, 1.54) is 0 Å². The van der Waals surface area contributed by atoms with Gasteiger partial charge in [-0.25, -0.2) is 0 Å². The van der Waals surface area contributed by atoms with Crippen LogP contribution in [0.5, 0.6) is 11.5 Å². The smallest absolute Gasteiger partial charge is 0.147 e. The van der Waals surface area contributed by atoms with E-state index in [1.54, 1.807) is 12.1 Å². The maximum Gasteiger partial charge on any atom is 0.147 e. The Morgan fingerprint density at radius 2 is 1.90 bits per heavy atom. The molecule has 0 bridgehead atoms. The molecule has 0 radical (unpaired) electrons. The maximum atomic E-state index is 6.24. The fraction of sp³-hybridized carbons (Fsp3) is 0.200. The lowest BCUT2D eigenvalue weighted by molar-refractivity contribution is 0.482. The number of halogens is 3. The molecule has 1 N–H and O–H groups in total. The van der Waals surface area contributed by atoms with Gasteiger partial charge in [-0.05, 0) is 42.4 Å². The minimum absolute atomic E-state index is 0.557. The first-order valence-electron chi connectivity index (χ1n) is 6.22. The molecular formula is C15H14BrCl2NO. The van der Waals surface area contributed by atoms with Gasteiger partial charge >= 0.3 is 0 Å². The Morgan fingerprint density at radius 3 is 2.60 bits per heavy atom. The Balaban J connectivity index is 2.17. The Bertz CT molecular complexity index is 604. The number of benzene rings is 2. The average molecular weight is 375 g/mol. The van der Waals surface area contributed by atoms with Crippen molar-refractivity contribution in [3.8, 4) is 11.5 Å². The first-order valence-corrected chi connectivity index (χ1v) is 7.77. The molecule has 0 aromatic heterocycles. The second-order valence-electron chi connectivity index (χ2n) is 4.21. The van der Waals surface area contributed by atoms with Crippen LogP contribution < -0.4 is 10.1 Å². The highest BCUT2D eigenvalue weighted by Gasteiger charge is 2.06. The third-order valence-electron chi connectivity index (χ3n) is 2.71. The van der Waals surface area contributed by atoms with Crippen molar-refractivity contribution in [2.45, 2.75) is 13.5 Å². The molecule has 2 nitrogen and oxygen atoms in total. The van der Waals surface area contributed by atoms with Gasteiger partial charge in [0.25, 0.3) is 0 Å². The Labute approximate surface area is 137 Å². The van der Waals surface area contributed by atoms with Gasteiger partial charge in [-0.1, -0.05) is 52.1 Å². The van der Waals surface area contributed by atoms with E-state index in [9.17, 15) is 0 Å². The molecule has 0 aliphatic rings. The van der Waals surface area contributed by atoms with Crippen molar-refractivity contribution in [1.29, 1.82) is 0 Å². The van der Waals surface area contributed by atoms with Crippen LogP contribution in [0.15, 0.2) is 40.9 Å². The van der Waals surface area contributed by atoms with Crippen LogP contribution >= 0.6 is 39.1 Å². The second kappa shape index (κ2) is 7.32. The van der Waals surface area contributed by atoms with Crippen molar-refractivity contribution in [3.05, 3.63) is 56.5 Å². The summed E-state index contributed by atoms with van der Waals surface area (Å²) in [6.07, 6.45) is 0. The molecule has 0 unspecified atom stereocenters. The molecule has 0 spiro atoms. The summed E-state index contributed by atoms with van der Waals surface area (Å²) >= 11 is 15.7. The van der Waals surface area contributed by atoms with Gasteiger partial charge in [0.15, 0.2) is 0 Å². The summed E-state index contributed by atoms with van der Waals surface area (Å²) in [5.41, 5.74) is 1.04. The minimum atomic E-state index is 0.557. The molecule has 2 aromatic carbocycles. The van der Waals surface area contributed by atoms with E-state index in [4.69, 9.17) is 27.9 Å². The molecular weight excluding hydrogens is 361 g/mol. The number of nitrogens with one attached hydrogen (secondary N) is 1. The SMILES string of the molecule is CCNCc1ccc(Oc2cc(Br)ccc2Cl)cc1Cl. The molecule has 2 aromatic rings. The van der Waals surface area contributed by atoms with E-state index in [0.29, 0.717) is 21.5 Å². The topological polar surface area (TPSA) is 21.3 Å². The summed E-state index contributed by atoms with van der Waals surface area (Å²) in [5, 5.41) is 4.47. The molecule has 0 heterocycles. The zero-order valence-electron chi connectivity index (χ0n) is 10.9. The van der Waals surface area contributed by atoms with Gasteiger partial charge in [-0.3, -0.25) is 0 Å². The maximum absolute atomic E-state index is 6.24. The number of rotatable bonds is 5. The van der Waals surface area contributed by atoms with Crippen molar-refractivity contribution in [2.24, 2.45) is 0 Å². The molecule has 0 saturated carbocycles. The number of ether oxygens (including phenoxy) is 1. The molecule has 20 heavy (non-hydrogen) atoms. The third kappa shape index (κ3) is 4.13. The standard InChI is InChI=1S/C15H14BrCl2NO/c1-2-19-9-10-3-5-12(8-14(10)18)20-15-7-11(16)4-6-13(15)17/h3-8,19H,2,9H2,1H3. The minimum Gasteiger partial charge on any atom is -0.456 e. The van der Waals surface area contributed by atoms with Crippen LogP contribution in [0.2, 0.25) is 10.0 Å². The van der Waals surface area contributed by atoms with E-state index in [2.05, 4.69) is 28.2 Å². The Hall–Kier alpha value is -0.740. The fourth-order valence-electron chi connectivity index (χ4n) is 1.68. The van der Waals surface area contributed by atoms with E-state index in [1.807, 2.05) is 24.3 Å². The molecule has 0 saturated heterocycles. The highest BCUT2D eigenvalue weighted by molar-refractivity contribution is 9.10. The van der Waals surface area contributed by atoms with Gasteiger partial charge in [0.1, 0.15) is 11.5 Å². The van der Waals surface area contributed by atoms with Crippen LogP contribution in [0, 0.1) is 0 Å². The van der Waals surface area contributed by atoms with Gasteiger partial charge in [0.2, 0.25) is 0 Å². The summed E-state index contributed by atoms with van der Waals surface area (Å²) in [6, 6.07) is 11.1. The summed E-state index contributed by atoms with van der Waals surface area (Å²) in [4.78, 5) is 0. The molecule has 0 aliphatic heterocycles. The quantitative estimate of drug-likeness (QED) is 0.729. The van der Waals surface area contributed by atoms with Crippen molar-refractivity contribution >= 4 is 39.1 Å². The van der Waals surface area contributed by atoms with Crippen LogP contribution in [0.1, 0.15) is 12.5 Å². The predicted octanol–water partition coefficient (Wildman–Crippen LogP) is 5.66. The largest absolute Gasteiger partial charge is 0.456 e. The zero-order valence-corrected chi connectivity index (χ0v) is 14.0. The van der Waals surface area contributed by atoms with Crippen LogP contribution in [-0.4, -0.2) is 6.54 Å². The molecule has 0 amide bonds. The van der Waals surface area contributed by atoms with E-state index < -0.39 is 0 Å². The molecule has 5 heteroatoms. The first-order chi connectivity index (χ1) is 9.60. The summed E-state index contributed by atoms with van der Waals surface area (Å²) in [6.45, 7) is 3.70. The van der Waals surface area contributed by atoms with Crippen molar-refractivity contribution < 1.29 is 4.74 Å². The van der Waals surface area contributed by atoms with E-state index >= 15 is 0 Å². The van der Waals surface area contributed by atoms with Crippen molar-refractivity contribution in [3.63, 3.8) is 0 Å². The lowest BCUT2D eigenvalue weighted by Crippen LogP contribution is -2.11. The lowest BCUT2D eigenvalue weighted by Gasteiger charge is -2.10. The van der Waals surface area contributed by atoms with Crippen LogP contribution in [-0.2, 0) is 6.54 Å². The van der Waals surface area contributed by atoms with E-state index in [-0.39, 0.29) is 0 Å². The number of hydrogen-bond acceptors (Lipinski definition) is 2. The predicted molar refractivity (Wildman–Crippen MR) is 88.1 cm³/mol. The van der Waals surface area contributed by atoms with Crippen LogP contribution in [0.4, 0.5) is 0 Å². The Kier molecular flexibility index (Phi) is 5.73. The first kappa shape index (κ1) is 15.6. The zero-order chi connectivity index (χ0) is 14.5. The van der Waals surface area contributed by atoms with Gasteiger partial charge in [-0.2, -0.15) is 0 Å². The second-order valence-corrected chi connectivity index (χ2v) is 5.94. The molecule has 0 aliphatic carbocycles. The van der Waals surface area contributed by atoms with Crippen molar-refractivity contribution in [1.82, 2.24) is 5.32 Å². The fourth-order valence-corrected chi connectivity index (χ4v) is 2.41. The Morgan fingerprint density at radius 1 is 1.10 bits per heavy atom. The van der Waals surface area contributed by atoms with Gasteiger partial charge in [0.05, 0.1) is 5.02 Å². The third-order valence-corrected chi connectivity index (χ3v) is 3.87. The molecule has 0 fully saturated rings. The molecule has 0 atom stereocenters. The summed E-state index contributed by atoms with van der Waals surface area (Å²) in [7, 11) is 0. The number of hydrogen-bond donors (Lipinski definition) is 1. The molecule has 2 rings (SSSR count). The van der Waals surface area contributed by atoms with Crippen molar-refractivity contribution in [2.75, 3.05) is 6.54 Å². The highest BCUT2D eigenvalue weighted by Crippen LogP contribution is 2.33. The molecule has 106 valence electrons. The van der Waals surface area contributed by atoms with Crippen LogP contribution in [0.3, 0.4) is 0 Å². The van der Waals surface area contributed by atoms with E-state index in [0.717, 1.165) is 23.1 Å². The summed E-state index contributed by atoms with van der Waals surface area (Å²) < 4.78 is 6.67. The van der Waals surface area contributed by atoms with Gasteiger partial charge < -0.3 is 10.1 Å². The highest BCUT2D eigenvalue weighted by atomic mass is 79.9. The summed E-state index contributed by atoms with van der Waals surface area (Å²) in [5.74, 6) is 1.26. The monoisotopic (exact) mass is 373 g/mol.